The maximum Gasteiger partial charge on any atom is 0.407 e. The molecule has 0 heterocycles. The Morgan fingerprint density at radius 2 is 2.00 bits per heavy atom. The maximum absolute atomic E-state index is 11.6. The summed E-state index contributed by atoms with van der Waals surface area (Å²) in [5.74, 6) is 0. The van der Waals surface area contributed by atoms with E-state index in [1.54, 1.807) is 20.8 Å². The van der Waals surface area contributed by atoms with Crippen molar-refractivity contribution in [3.63, 3.8) is 0 Å². The average Bonchev–Trinajstić information content (AvgIpc) is 2.52. The number of benzene rings is 1. The SMILES string of the molecule is CC(C)(C)OC(=O)NCC(O)CN(Cc1ccccc1)CC(Cl)C#N. The molecule has 1 rings (SSSR count). The number of rotatable bonds is 8. The van der Waals surface area contributed by atoms with Gasteiger partial charge in [-0.3, -0.25) is 4.90 Å². The second kappa shape index (κ2) is 10.2. The number of hydrogen-bond donors (Lipinski definition) is 2. The van der Waals surface area contributed by atoms with Crippen molar-refractivity contribution < 1.29 is 14.6 Å². The lowest BCUT2D eigenvalue weighted by Gasteiger charge is -2.26. The number of nitrogens with one attached hydrogen (secondary N) is 1. The Hall–Kier alpha value is -1.81. The molecule has 0 bridgehead atoms. The van der Waals surface area contributed by atoms with Gasteiger partial charge in [-0.15, -0.1) is 11.6 Å². The van der Waals surface area contributed by atoms with Crippen LogP contribution in [0, 0.1) is 11.3 Å². The fraction of sp³-hybridized carbons (Fsp3) is 0.556. The highest BCUT2D eigenvalue weighted by atomic mass is 35.5. The molecule has 0 spiro atoms. The van der Waals surface area contributed by atoms with E-state index in [-0.39, 0.29) is 13.1 Å². The lowest BCUT2D eigenvalue weighted by atomic mass is 10.2. The summed E-state index contributed by atoms with van der Waals surface area (Å²) in [5.41, 5.74) is 0.462. The van der Waals surface area contributed by atoms with Gasteiger partial charge in [-0.1, -0.05) is 30.3 Å². The number of carbonyl (C=O) groups excluding carboxylic acids is 1. The molecule has 0 aliphatic heterocycles. The van der Waals surface area contributed by atoms with Crippen molar-refractivity contribution in [3.8, 4) is 6.07 Å². The number of ether oxygens (including phenoxy) is 1. The fourth-order valence-electron chi connectivity index (χ4n) is 2.19. The van der Waals surface area contributed by atoms with E-state index in [0.717, 1.165) is 5.56 Å². The zero-order valence-corrected chi connectivity index (χ0v) is 15.7. The Balaban J connectivity index is 2.55. The quantitative estimate of drug-likeness (QED) is 0.689. The molecule has 0 aromatic heterocycles. The number of hydrogen-bond acceptors (Lipinski definition) is 5. The highest BCUT2D eigenvalue weighted by Crippen LogP contribution is 2.09. The van der Waals surface area contributed by atoms with Crippen molar-refractivity contribution >= 4 is 17.7 Å². The first-order valence-corrected chi connectivity index (χ1v) is 8.58. The third-order valence-electron chi connectivity index (χ3n) is 3.16. The highest BCUT2D eigenvalue weighted by Gasteiger charge is 2.19. The zero-order valence-electron chi connectivity index (χ0n) is 14.9. The third-order valence-corrected chi connectivity index (χ3v) is 3.39. The van der Waals surface area contributed by atoms with Crippen molar-refractivity contribution in [1.82, 2.24) is 10.2 Å². The van der Waals surface area contributed by atoms with Gasteiger partial charge in [0.2, 0.25) is 0 Å². The van der Waals surface area contributed by atoms with E-state index in [0.29, 0.717) is 13.1 Å². The van der Waals surface area contributed by atoms with E-state index in [1.807, 2.05) is 41.3 Å². The summed E-state index contributed by atoms with van der Waals surface area (Å²) in [6.07, 6.45) is -1.38. The van der Waals surface area contributed by atoms with Crippen molar-refractivity contribution in [2.75, 3.05) is 19.6 Å². The van der Waals surface area contributed by atoms with E-state index in [1.165, 1.54) is 0 Å². The Kier molecular flexibility index (Phi) is 8.70. The number of alkyl halides is 1. The number of nitrogens with zero attached hydrogens (tertiary/aromatic N) is 2. The van der Waals surface area contributed by atoms with Crippen LogP contribution in [-0.2, 0) is 11.3 Å². The zero-order chi connectivity index (χ0) is 18.9. The molecule has 0 saturated carbocycles. The molecule has 6 nitrogen and oxygen atoms in total. The Morgan fingerprint density at radius 3 is 2.56 bits per heavy atom. The largest absolute Gasteiger partial charge is 0.444 e. The van der Waals surface area contributed by atoms with Crippen LogP contribution in [0.1, 0.15) is 26.3 Å². The number of amides is 1. The van der Waals surface area contributed by atoms with Crippen molar-refractivity contribution in [2.24, 2.45) is 0 Å². The first kappa shape index (κ1) is 21.2. The minimum Gasteiger partial charge on any atom is -0.444 e. The summed E-state index contributed by atoms with van der Waals surface area (Å²) < 4.78 is 5.13. The molecule has 2 N–H and O–H groups in total. The third kappa shape index (κ3) is 9.92. The summed E-state index contributed by atoms with van der Waals surface area (Å²) in [7, 11) is 0. The Morgan fingerprint density at radius 1 is 1.36 bits per heavy atom. The molecule has 0 radical (unpaired) electrons. The predicted molar refractivity (Wildman–Crippen MR) is 97.2 cm³/mol. The van der Waals surface area contributed by atoms with E-state index in [9.17, 15) is 9.90 Å². The van der Waals surface area contributed by atoms with Crippen LogP contribution in [0.25, 0.3) is 0 Å². The molecular formula is C18H26ClN3O3. The number of aliphatic hydroxyl groups excluding tert-OH is 1. The Labute approximate surface area is 154 Å². The summed E-state index contributed by atoms with van der Waals surface area (Å²) >= 11 is 5.94. The topological polar surface area (TPSA) is 85.6 Å². The van der Waals surface area contributed by atoms with Crippen molar-refractivity contribution in [1.29, 1.82) is 5.26 Å². The molecule has 2 atom stereocenters. The average molecular weight is 368 g/mol. The summed E-state index contributed by atoms with van der Waals surface area (Å²) in [4.78, 5) is 13.5. The van der Waals surface area contributed by atoms with Crippen LogP contribution in [-0.4, -0.2) is 52.8 Å². The van der Waals surface area contributed by atoms with Gasteiger partial charge in [-0.2, -0.15) is 5.26 Å². The highest BCUT2D eigenvalue weighted by molar-refractivity contribution is 6.22. The van der Waals surface area contributed by atoms with Crippen molar-refractivity contribution in [3.05, 3.63) is 35.9 Å². The standard InChI is InChI=1S/C18H26ClN3O3/c1-18(2,3)25-17(24)21-10-16(23)13-22(12-15(19)9-20)11-14-7-5-4-6-8-14/h4-8,15-16,23H,10-13H2,1-3H3,(H,21,24). The first-order chi connectivity index (χ1) is 11.7. The predicted octanol–water partition coefficient (Wildman–Crippen LogP) is 2.51. The van der Waals surface area contributed by atoms with Crippen LogP contribution < -0.4 is 5.32 Å². The number of halogens is 1. The van der Waals surface area contributed by atoms with E-state index >= 15 is 0 Å². The second-order valence-electron chi connectivity index (χ2n) is 6.81. The minimum atomic E-state index is -0.807. The minimum absolute atomic E-state index is 0.0553. The number of aliphatic hydroxyl groups is 1. The first-order valence-electron chi connectivity index (χ1n) is 8.14. The van der Waals surface area contributed by atoms with Crippen LogP contribution in [0.15, 0.2) is 30.3 Å². The van der Waals surface area contributed by atoms with Crippen LogP contribution in [0.5, 0.6) is 0 Å². The van der Waals surface area contributed by atoms with Gasteiger partial charge >= 0.3 is 6.09 Å². The molecule has 1 aromatic carbocycles. The molecule has 7 heteroatoms. The second-order valence-corrected chi connectivity index (χ2v) is 7.34. The van der Waals surface area contributed by atoms with Gasteiger partial charge in [0, 0.05) is 26.2 Å². The van der Waals surface area contributed by atoms with E-state index in [2.05, 4.69) is 5.32 Å². The number of nitriles is 1. The molecule has 0 fully saturated rings. The van der Waals surface area contributed by atoms with Gasteiger partial charge in [0.05, 0.1) is 12.2 Å². The molecule has 0 saturated heterocycles. The van der Waals surface area contributed by atoms with Gasteiger partial charge < -0.3 is 15.2 Å². The van der Waals surface area contributed by atoms with Crippen molar-refractivity contribution in [2.45, 2.75) is 44.4 Å². The maximum atomic E-state index is 11.6. The smallest absolute Gasteiger partial charge is 0.407 e. The van der Waals surface area contributed by atoms with Gasteiger partial charge in [-0.25, -0.2) is 4.79 Å². The van der Waals surface area contributed by atoms with Gasteiger partial charge in [0.15, 0.2) is 0 Å². The van der Waals surface area contributed by atoms with E-state index in [4.69, 9.17) is 21.6 Å². The fourth-order valence-corrected chi connectivity index (χ4v) is 2.39. The lowest BCUT2D eigenvalue weighted by molar-refractivity contribution is 0.0467. The molecule has 138 valence electrons. The molecule has 1 aromatic rings. The molecule has 2 unspecified atom stereocenters. The number of carbonyl (C=O) groups is 1. The van der Waals surface area contributed by atoms with Crippen LogP contribution in [0.4, 0.5) is 4.79 Å². The molecule has 0 aliphatic carbocycles. The lowest BCUT2D eigenvalue weighted by Crippen LogP contribution is -2.42. The summed E-state index contributed by atoms with van der Waals surface area (Å²) in [6.45, 7) is 6.51. The molecule has 0 aliphatic rings. The molecule has 1 amide bonds. The van der Waals surface area contributed by atoms with Gasteiger partial charge in [0.25, 0.3) is 0 Å². The van der Waals surface area contributed by atoms with Crippen LogP contribution in [0.2, 0.25) is 0 Å². The number of alkyl carbamates (subject to hydrolysis) is 1. The molecular weight excluding hydrogens is 342 g/mol. The van der Waals surface area contributed by atoms with Crippen LogP contribution in [0.3, 0.4) is 0 Å². The van der Waals surface area contributed by atoms with Gasteiger partial charge in [0.1, 0.15) is 11.0 Å². The monoisotopic (exact) mass is 367 g/mol. The van der Waals surface area contributed by atoms with Gasteiger partial charge in [-0.05, 0) is 26.3 Å². The normalized spacial score (nSPS) is 13.8. The Bertz CT molecular complexity index is 569. The summed E-state index contributed by atoms with van der Waals surface area (Å²) in [5, 5.41) is 21.0. The summed E-state index contributed by atoms with van der Waals surface area (Å²) in [6, 6.07) is 11.7. The van der Waals surface area contributed by atoms with E-state index < -0.39 is 23.2 Å². The van der Waals surface area contributed by atoms with Crippen LogP contribution >= 0.6 is 11.6 Å². The molecule has 25 heavy (non-hydrogen) atoms.